The van der Waals surface area contributed by atoms with E-state index in [1.807, 2.05) is 0 Å². The average Bonchev–Trinajstić information content (AvgIpc) is 2.04. The minimum Gasteiger partial charge on any atom is -0.327 e. The number of nitrogens with two attached hydrogens (primary N) is 1. The molecule has 1 rings (SSSR count). The van der Waals surface area contributed by atoms with E-state index in [4.69, 9.17) is 5.73 Å². The van der Waals surface area contributed by atoms with Crippen LogP contribution in [0.3, 0.4) is 0 Å². The maximum Gasteiger partial charge on any atom is 0.00721 e. The van der Waals surface area contributed by atoms with Crippen LogP contribution in [-0.2, 0) is 0 Å². The Bertz CT molecular complexity index is 134. The minimum atomic E-state index is 0.454. The fraction of sp³-hybridized carbons (Fsp3) is 1.00. The van der Waals surface area contributed by atoms with Gasteiger partial charge in [0.1, 0.15) is 0 Å². The molecule has 0 spiro atoms. The normalized spacial score (nSPS) is 37.4. The summed E-state index contributed by atoms with van der Waals surface area (Å²) >= 11 is 0. The molecule has 3 atom stereocenters. The Morgan fingerprint density at radius 2 is 1.77 bits per heavy atom. The molecule has 78 valence electrons. The van der Waals surface area contributed by atoms with Gasteiger partial charge in [0, 0.05) is 6.04 Å². The van der Waals surface area contributed by atoms with Gasteiger partial charge in [-0.05, 0) is 24.2 Å². The minimum absolute atomic E-state index is 0.454. The highest BCUT2D eigenvalue weighted by atomic mass is 14.7. The van der Waals surface area contributed by atoms with Gasteiger partial charge < -0.3 is 5.73 Å². The van der Waals surface area contributed by atoms with E-state index in [1.165, 1.54) is 32.1 Å². The molecular formula is C12H25N. The van der Waals surface area contributed by atoms with E-state index in [9.17, 15) is 0 Å². The second-order valence-corrected chi connectivity index (χ2v) is 4.92. The third-order valence-electron chi connectivity index (χ3n) is 3.75. The molecule has 1 saturated carbocycles. The van der Waals surface area contributed by atoms with Crippen LogP contribution in [0.15, 0.2) is 0 Å². The molecule has 1 heteroatoms. The first-order valence-electron chi connectivity index (χ1n) is 5.92. The Morgan fingerprint density at radius 1 is 1.23 bits per heavy atom. The maximum atomic E-state index is 6.24. The maximum absolute atomic E-state index is 6.24. The predicted molar refractivity (Wildman–Crippen MR) is 58.6 cm³/mol. The van der Waals surface area contributed by atoms with Crippen LogP contribution in [0.5, 0.6) is 0 Å². The quantitative estimate of drug-likeness (QED) is 0.714. The van der Waals surface area contributed by atoms with Gasteiger partial charge in [0.2, 0.25) is 0 Å². The van der Waals surface area contributed by atoms with Crippen LogP contribution in [0, 0.1) is 17.8 Å². The molecule has 1 fully saturated rings. The standard InChI is InChI=1S/C12H25N/c1-4-6-11(13)12-9(2)7-5-8-10(12)3/h9-12H,4-8,13H2,1-3H3. The molecule has 0 aromatic rings. The molecule has 0 amide bonds. The van der Waals surface area contributed by atoms with E-state index in [-0.39, 0.29) is 0 Å². The summed E-state index contributed by atoms with van der Waals surface area (Å²) in [5.74, 6) is 2.49. The van der Waals surface area contributed by atoms with Gasteiger partial charge in [-0.25, -0.2) is 0 Å². The molecule has 1 aliphatic carbocycles. The number of rotatable bonds is 3. The van der Waals surface area contributed by atoms with Crippen molar-refractivity contribution in [3.05, 3.63) is 0 Å². The fourth-order valence-corrected chi connectivity index (χ4v) is 3.08. The Hall–Kier alpha value is -0.0400. The molecule has 0 heterocycles. The van der Waals surface area contributed by atoms with E-state index in [1.54, 1.807) is 0 Å². The molecular weight excluding hydrogens is 158 g/mol. The molecule has 0 aromatic heterocycles. The molecule has 1 nitrogen and oxygen atoms in total. The first-order chi connectivity index (χ1) is 6.16. The van der Waals surface area contributed by atoms with Crippen molar-refractivity contribution in [2.24, 2.45) is 23.5 Å². The molecule has 2 N–H and O–H groups in total. The van der Waals surface area contributed by atoms with Crippen molar-refractivity contribution in [3.63, 3.8) is 0 Å². The van der Waals surface area contributed by atoms with Crippen LogP contribution < -0.4 is 5.73 Å². The molecule has 0 aliphatic heterocycles. The zero-order valence-corrected chi connectivity index (χ0v) is 9.42. The molecule has 3 unspecified atom stereocenters. The van der Waals surface area contributed by atoms with E-state index >= 15 is 0 Å². The van der Waals surface area contributed by atoms with Crippen LogP contribution in [0.1, 0.15) is 52.9 Å². The Morgan fingerprint density at radius 3 is 2.23 bits per heavy atom. The first-order valence-corrected chi connectivity index (χ1v) is 5.92. The summed E-state index contributed by atoms with van der Waals surface area (Å²) in [5, 5.41) is 0. The Balaban J connectivity index is 2.51. The van der Waals surface area contributed by atoms with Gasteiger partial charge in [-0.2, -0.15) is 0 Å². The smallest absolute Gasteiger partial charge is 0.00721 e. The van der Waals surface area contributed by atoms with Crippen molar-refractivity contribution in [3.8, 4) is 0 Å². The number of hydrogen-bond acceptors (Lipinski definition) is 1. The molecule has 13 heavy (non-hydrogen) atoms. The van der Waals surface area contributed by atoms with Gasteiger partial charge in [0.05, 0.1) is 0 Å². The van der Waals surface area contributed by atoms with Gasteiger partial charge >= 0.3 is 0 Å². The summed E-state index contributed by atoms with van der Waals surface area (Å²) in [6.45, 7) is 7.00. The molecule has 0 radical (unpaired) electrons. The van der Waals surface area contributed by atoms with Crippen molar-refractivity contribution < 1.29 is 0 Å². The van der Waals surface area contributed by atoms with Crippen molar-refractivity contribution in [2.45, 2.75) is 58.9 Å². The Labute approximate surface area is 83.1 Å². The van der Waals surface area contributed by atoms with Crippen molar-refractivity contribution in [2.75, 3.05) is 0 Å². The highest BCUT2D eigenvalue weighted by Gasteiger charge is 2.31. The summed E-state index contributed by atoms with van der Waals surface area (Å²) in [7, 11) is 0. The molecule has 0 bridgehead atoms. The fourth-order valence-electron chi connectivity index (χ4n) is 3.08. The van der Waals surface area contributed by atoms with E-state index < -0.39 is 0 Å². The first kappa shape index (κ1) is 11.0. The van der Waals surface area contributed by atoms with Gasteiger partial charge in [-0.15, -0.1) is 0 Å². The van der Waals surface area contributed by atoms with Gasteiger partial charge in [0.25, 0.3) is 0 Å². The highest BCUT2D eigenvalue weighted by molar-refractivity contribution is 4.84. The zero-order chi connectivity index (χ0) is 9.84. The third kappa shape index (κ3) is 2.70. The zero-order valence-electron chi connectivity index (χ0n) is 9.42. The Kier molecular flexibility index (Phi) is 4.24. The van der Waals surface area contributed by atoms with Crippen molar-refractivity contribution in [1.82, 2.24) is 0 Å². The topological polar surface area (TPSA) is 26.0 Å². The summed E-state index contributed by atoms with van der Waals surface area (Å²) in [6.07, 6.45) is 6.65. The lowest BCUT2D eigenvalue weighted by molar-refractivity contribution is 0.143. The SMILES string of the molecule is CCCC(N)C1C(C)CCCC1C. The molecule has 1 aliphatic rings. The summed E-state index contributed by atoms with van der Waals surface area (Å²) in [4.78, 5) is 0. The number of hydrogen-bond donors (Lipinski definition) is 1. The van der Waals surface area contributed by atoms with E-state index in [0.29, 0.717) is 6.04 Å². The predicted octanol–water partition coefficient (Wildman–Crippen LogP) is 3.19. The van der Waals surface area contributed by atoms with Crippen LogP contribution in [-0.4, -0.2) is 6.04 Å². The van der Waals surface area contributed by atoms with Crippen LogP contribution in [0.2, 0.25) is 0 Å². The average molecular weight is 183 g/mol. The van der Waals surface area contributed by atoms with Gasteiger partial charge in [-0.1, -0.05) is 46.5 Å². The summed E-state index contributed by atoms with van der Waals surface area (Å²) in [6, 6.07) is 0.454. The molecule has 0 aromatic carbocycles. The van der Waals surface area contributed by atoms with Crippen molar-refractivity contribution >= 4 is 0 Å². The third-order valence-corrected chi connectivity index (χ3v) is 3.75. The highest BCUT2D eigenvalue weighted by Crippen LogP contribution is 2.36. The van der Waals surface area contributed by atoms with Crippen LogP contribution >= 0.6 is 0 Å². The lowest BCUT2D eigenvalue weighted by atomic mass is 9.69. The largest absolute Gasteiger partial charge is 0.327 e. The second kappa shape index (κ2) is 4.99. The monoisotopic (exact) mass is 183 g/mol. The van der Waals surface area contributed by atoms with Gasteiger partial charge in [0.15, 0.2) is 0 Å². The van der Waals surface area contributed by atoms with Gasteiger partial charge in [-0.3, -0.25) is 0 Å². The van der Waals surface area contributed by atoms with E-state index in [0.717, 1.165) is 17.8 Å². The lowest BCUT2D eigenvalue weighted by Crippen LogP contribution is -2.40. The summed E-state index contributed by atoms with van der Waals surface area (Å²) < 4.78 is 0. The van der Waals surface area contributed by atoms with Crippen LogP contribution in [0.4, 0.5) is 0 Å². The molecule has 0 saturated heterocycles. The van der Waals surface area contributed by atoms with Crippen LogP contribution in [0.25, 0.3) is 0 Å². The lowest BCUT2D eigenvalue weighted by Gasteiger charge is -2.38. The second-order valence-electron chi connectivity index (χ2n) is 4.92. The van der Waals surface area contributed by atoms with Crippen molar-refractivity contribution in [1.29, 1.82) is 0 Å². The van der Waals surface area contributed by atoms with E-state index in [2.05, 4.69) is 20.8 Å². The summed E-state index contributed by atoms with van der Waals surface area (Å²) in [5.41, 5.74) is 6.24.